The largest absolute Gasteiger partial charge is 0.468 e. The Balaban J connectivity index is 1.45. The first-order valence-electron chi connectivity index (χ1n) is 7.62. The van der Waals surface area contributed by atoms with Gasteiger partial charge < -0.3 is 9.73 Å². The van der Waals surface area contributed by atoms with Crippen LogP contribution >= 0.6 is 0 Å². The molecule has 0 saturated heterocycles. The van der Waals surface area contributed by atoms with Crippen LogP contribution in [0.5, 0.6) is 0 Å². The lowest BCUT2D eigenvalue weighted by atomic mass is 9.79. The highest BCUT2D eigenvalue weighted by Gasteiger charge is 2.53. The standard InChI is InChI=1S/C16H23NO/c1-10(16-6-3-7-18-16)17-15-9-11-8-14(15)13-5-2-4-12(11)13/h3,6-7,10-15,17H,2,4-5,8-9H2,1H3/t10-,11?,12?,13?,14?,15?/m1/s1. The van der Waals surface area contributed by atoms with Crippen molar-refractivity contribution >= 4 is 0 Å². The van der Waals surface area contributed by atoms with Crippen molar-refractivity contribution in [2.45, 2.75) is 51.1 Å². The van der Waals surface area contributed by atoms with Crippen LogP contribution < -0.4 is 5.32 Å². The van der Waals surface area contributed by atoms with Crippen LogP contribution in [0, 0.1) is 23.7 Å². The van der Waals surface area contributed by atoms with Crippen LogP contribution in [0.2, 0.25) is 0 Å². The van der Waals surface area contributed by atoms with Gasteiger partial charge in [-0.15, -0.1) is 0 Å². The van der Waals surface area contributed by atoms with Crippen molar-refractivity contribution in [1.29, 1.82) is 0 Å². The van der Waals surface area contributed by atoms with Gasteiger partial charge in [-0.2, -0.15) is 0 Å². The van der Waals surface area contributed by atoms with Crippen LogP contribution in [0.1, 0.15) is 50.8 Å². The summed E-state index contributed by atoms with van der Waals surface area (Å²) in [5, 5.41) is 3.83. The quantitative estimate of drug-likeness (QED) is 0.877. The maximum atomic E-state index is 5.51. The van der Waals surface area contributed by atoms with Gasteiger partial charge >= 0.3 is 0 Å². The predicted molar refractivity (Wildman–Crippen MR) is 71.1 cm³/mol. The summed E-state index contributed by atoms with van der Waals surface area (Å²) in [6.07, 6.45) is 9.20. The van der Waals surface area contributed by atoms with Gasteiger partial charge in [0.1, 0.15) is 5.76 Å². The molecule has 0 spiro atoms. The monoisotopic (exact) mass is 245 g/mol. The predicted octanol–water partition coefficient (Wildman–Crippen LogP) is 3.75. The molecule has 1 aromatic rings. The third kappa shape index (κ3) is 1.58. The summed E-state index contributed by atoms with van der Waals surface area (Å²) in [6, 6.07) is 5.18. The molecule has 0 amide bonds. The van der Waals surface area contributed by atoms with Gasteiger partial charge in [0.2, 0.25) is 0 Å². The van der Waals surface area contributed by atoms with Crippen molar-refractivity contribution in [1.82, 2.24) is 5.32 Å². The second-order valence-corrected chi connectivity index (χ2v) is 6.66. The minimum atomic E-state index is 0.365. The number of fused-ring (bicyclic) bond motifs is 5. The van der Waals surface area contributed by atoms with Crippen LogP contribution in [0.15, 0.2) is 22.8 Å². The molecular formula is C16H23NO. The molecule has 4 rings (SSSR count). The van der Waals surface area contributed by atoms with E-state index in [0.717, 1.165) is 35.5 Å². The minimum Gasteiger partial charge on any atom is -0.468 e. The molecule has 3 saturated carbocycles. The van der Waals surface area contributed by atoms with Gasteiger partial charge in [-0.3, -0.25) is 0 Å². The number of furan rings is 1. The van der Waals surface area contributed by atoms with Gasteiger partial charge in [0.25, 0.3) is 0 Å². The summed E-state index contributed by atoms with van der Waals surface area (Å²) in [5.74, 6) is 5.21. The molecule has 6 atom stereocenters. The number of hydrogen-bond acceptors (Lipinski definition) is 2. The molecule has 2 bridgehead atoms. The third-order valence-corrected chi connectivity index (χ3v) is 5.86. The molecule has 98 valence electrons. The van der Waals surface area contributed by atoms with Crippen molar-refractivity contribution in [2.24, 2.45) is 23.7 Å². The van der Waals surface area contributed by atoms with Crippen molar-refractivity contribution in [3.8, 4) is 0 Å². The Morgan fingerprint density at radius 3 is 2.94 bits per heavy atom. The molecule has 0 aromatic carbocycles. The average molecular weight is 245 g/mol. The lowest BCUT2D eigenvalue weighted by molar-refractivity contribution is 0.196. The fourth-order valence-corrected chi connectivity index (χ4v) is 5.20. The minimum absolute atomic E-state index is 0.365. The van der Waals surface area contributed by atoms with Crippen molar-refractivity contribution in [2.75, 3.05) is 0 Å². The molecule has 3 fully saturated rings. The average Bonchev–Trinajstić information content (AvgIpc) is 3.11. The highest BCUT2D eigenvalue weighted by atomic mass is 16.3. The van der Waals surface area contributed by atoms with E-state index in [1.807, 2.05) is 6.07 Å². The molecule has 0 aliphatic heterocycles. The second kappa shape index (κ2) is 4.12. The van der Waals surface area contributed by atoms with Crippen LogP contribution in [0.4, 0.5) is 0 Å². The summed E-state index contributed by atoms with van der Waals surface area (Å²) >= 11 is 0. The Bertz CT molecular complexity index is 413. The topological polar surface area (TPSA) is 25.2 Å². The first-order chi connectivity index (χ1) is 8.83. The van der Waals surface area contributed by atoms with Crippen molar-refractivity contribution < 1.29 is 4.42 Å². The summed E-state index contributed by atoms with van der Waals surface area (Å²) in [4.78, 5) is 0. The second-order valence-electron chi connectivity index (χ2n) is 6.66. The number of hydrogen-bond donors (Lipinski definition) is 1. The summed E-state index contributed by atoms with van der Waals surface area (Å²) in [7, 11) is 0. The molecule has 0 radical (unpaired) electrons. The van der Waals surface area contributed by atoms with E-state index in [-0.39, 0.29) is 0 Å². The first kappa shape index (κ1) is 11.1. The molecule has 3 aliphatic carbocycles. The molecule has 1 aromatic heterocycles. The van der Waals surface area contributed by atoms with Gasteiger partial charge in [0.15, 0.2) is 0 Å². The van der Waals surface area contributed by atoms with E-state index < -0.39 is 0 Å². The molecule has 2 heteroatoms. The maximum Gasteiger partial charge on any atom is 0.120 e. The summed E-state index contributed by atoms with van der Waals surface area (Å²) in [6.45, 7) is 2.23. The van der Waals surface area contributed by atoms with Crippen molar-refractivity contribution in [3.05, 3.63) is 24.2 Å². The van der Waals surface area contributed by atoms with E-state index in [1.54, 1.807) is 6.26 Å². The van der Waals surface area contributed by atoms with E-state index in [1.165, 1.54) is 32.1 Å². The Hall–Kier alpha value is -0.760. The Labute approximate surface area is 109 Å². The zero-order chi connectivity index (χ0) is 12.1. The van der Waals surface area contributed by atoms with Crippen LogP contribution in [0.3, 0.4) is 0 Å². The van der Waals surface area contributed by atoms with Crippen LogP contribution in [-0.2, 0) is 0 Å². The molecular weight excluding hydrogens is 222 g/mol. The molecule has 2 nitrogen and oxygen atoms in total. The first-order valence-corrected chi connectivity index (χ1v) is 7.62. The smallest absolute Gasteiger partial charge is 0.120 e. The molecule has 18 heavy (non-hydrogen) atoms. The Morgan fingerprint density at radius 1 is 1.22 bits per heavy atom. The van der Waals surface area contributed by atoms with Gasteiger partial charge in [-0.25, -0.2) is 0 Å². The molecule has 5 unspecified atom stereocenters. The van der Waals surface area contributed by atoms with Gasteiger partial charge in [0, 0.05) is 6.04 Å². The van der Waals surface area contributed by atoms with Gasteiger partial charge in [0.05, 0.1) is 12.3 Å². The van der Waals surface area contributed by atoms with Gasteiger partial charge in [-0.05, 0) is 68.4 Å². The summed E-state index contributed by atoms with van der Waals surface area (Å²) < 4.78 is 5.51. The number of rotatable bonds is 3. The Kier molecular flexibility index (Phi) is 2.54. The zero-order valence-corrected chi connectivity index (χ0v) is 11.1. The van der Waals surface area contributed by atoms with E-state index in [4.69, 9.17) is 4.42 Å². The van der Waals surface area contributed by atoms with Crippen molar-refractivity contribution in [3.63, 3.8) is 0 Å². The highest BCUT2D eigenvalue weighted by Crippen LogP contribution is 2.58. The Morgan fingerprint density at radius 2 is 2.11 bits per heavy atom. The van der Waals surface area contributed by atoms with E-state index in [0.29, 0.717) is 6.04 Å². The molecule has 1 N–H and O–H groups in total. The van der Waals surface area contributed by atoms with Crippen LogP contribution in [-0.4, -0.2) is 6.04 Å². The SMILES string of the molecule is C[C@@H](NC1CC2CC1C1CCCC21)c1ccco1. The highest BCUT2D eigenvalue weighted by molar-refractivity contribution is 5.08. The molecule has 3 aliphatic rings. The summed E-state index contributed by atoms with van der Waals surface area (Å²) in [5.41, 5.74) is 0. The third-order valence-electron chi connectivity index (χ3n) is 5.86. The lowest BCUT2D eigenvalue weighted by Crippen LogP contribution is -2.40. The molecule has 1 heterocycles. The normalized spacial score (nSPS) is 43.3. The lowest BCUT2D eigenvalue weighted by Gasteiger charge is -2.33. The maximum absolute atomic E-state index is 5.51. The van der Waals surface area contributed by atoms with E-state index >= 15 is 0 Å². The zero-order valence-electron chi connectivity index (χ0n) is 11.1. The fraction of sp³-hybridized carbons (Fsp3) is 0.750. The number of nitrogens with one attached hydrogen (secondary N) is 1. The van der Waals surface area contributed by atoms with Crippen LogP contribution in [0.25, 0.3) is 0 Å². The van der Waals surface area contributed by atoms with E-state index in [2.05, 4.69) is 18.3 Å². The fourth-order valence-electron chi connectivity index (χ4n) is 5.20. The van der Waals surface area contributed by atoms with Gasteiger partial charge in [-0.1, -0.05) is 6.42 Å². The van der Waals surface area contributed by atoms with E-state index in [9.17, 15) is 0 Å².